The summed E-state index contributed by atoms with van der Waals surface area (Å²) in [6, 6.07) is 4.07. The third kappa shape index (κ3) is 4.59. The molecule has 1 aromatic rings. The van der Waals surface area contributed by atoms with E-state index in [0.29, 0.717) is 31.0 Å². The van der Waals surface area contributed by atoms with Gasteiger partial charge in [0, 0.05) is 18.7 Å². The Kier molecular flexibility index (Phi) is 5.04. The summed E-state index contributed by atoms with van der Waals surface area (Å²) in [5.74, 6) is 1.60. The predicted octanol–water partition coefficient (Wildman–Crippen LogP) is 3.84. The van der Waals surface area contributed by atoms with Gasteiger partial charge in [0.1, 0.15) is 18.0 Å². The minimum atomic E-state index is -0.504. The second-order valence-corrected chi connectivity index (χ2v) is 9.07. The standard InChI is InChI=1S/C20H31N3O3/c1-19(2,3)26-18(24)22-11-12-25-17-15(13-22)7-8-16(21-17)23-10-6-9-20(4,5)14-23/h7-8H,6,9-14H2,1-5H3. The molecule has 0 spiro atoms. The fourth-order valence-corrected chi connectivity index (χ4v) is 3.52. The fraction of sp³-hybridized carbons (Fsp3) is 0.700. The van der Waals surface area contributed by atoms with Crippen LogP contribution in [0.2, 0.25) is 0 Å². The molecule has 0 N–H and O–H groups in total. The van der Waals surface area contributed by atoms with Gasteiger partial charge in [0.25, 0.3) is 0 Å². The lowest BCUT2D eigenvalue weighted by atomic mass is 9.84. The van der Waals surface area contributed by atoms with E-state index in [4.69, 9.17) is 14.5 Å². The number of hydrogen-bond acceptors (Lipinski definition) is 5. The number of fused-ring (bicyclic) bond motifs is 1. The van der Waals surface area contributed by atoms with Crippen LogP contribution in [0.1, 0.15) is 53.0 Å². The monoisotopic (exact) mass is 361 g/mol. The number of nitrogens with zero attached hydrogens (tertiary/aromatic N) is 3. The summed E-state index contributed by atoms with van der Waals surface area (Å²) in [6.45, 7) is 13.6. The van der Waals surface area contributed by atoms with E-state index in [0.717, 1.165) is 24.5 Å². The van der Waals surface area contributed by atoms with Crippen molar-refractivity contribution in [3.63, 3.8) is 0 Å². The number of ether oxygens (including phenoxy) is 2. The molecule has 1 amide bonds. The van der Waals surface area contributed by atoms with Gasteiger partial charge < -0.3 is 19.3 Å². The fourth-order valence-electron chi connectivity index (χ4n) is 3.52. The molecule has 2 aliphatic heterocycles. The summed E-state index contributed by atoms with van der Waals surface area (Å²) >= 11 is 0. The van der Waals surface area contributed by atoms with Crippen molar-refractivity contribution in [2.45, 2.75) is 59.6 Å². The summed E-state index contributed by atoms with van der Waals surface area (Å²) in [5, 5.41) is 0. The summed E-state index contributed by atoms with van der Waals surface area (Å²) < 4.78 is 11.3. The molecule has 0 radical (unpaired) electrons. The molecule has 0 bridgehead atoms. The number of rotatable bonds is 1. The first-order chi connectivity index (χ1) is 12.1. The average molecular weight is 361 g/mol. The molecule has 144 valence electrons. The Morgan fingerprint density at radius 2 is 2.04 bits per heavy atom. The molecule has 2 aliphatic rings. The van der Waals surface area contributed by atoms with Gasteiger partial charge in [-0.25, -0.2) is 4.79 Å². The topological polar surface area (TPSA) is 54.9 Å². The van der Waals surface area contributed by atoms with E-state index < -0.39 is 5.60 Å². The Balaban J connectivity index is 1.74. The highest BCUT2D eigenvalue weighted by atomic mass is 16.6. The lowest BCUT2D eigenvalue weighted by molar-refractivity contribution is 0.0225. The Labute approximate surface area is 156 Å². The summed E-state index contributed by atoms with van der Waals surface area (Å²) in [5.41, 5.74) is 0.727. The zero-order valence-electron chi connectivity index (χ0n) is 16.7. The molecule has 0 aliphatic carbocycles. The Bertz CT molecular complexity index is 667. The largest absolute Gasteiger partial charge is 0.475 e. The van der Waals surface area contributed by atoms with E-state index in [1.165, 1.54) is 12.8 Å². The van der Waals surface area contributed by atoms with Crippen LogP contribution in [0.3, 0.4) is 0 Å². The lowest BCUT2D eigenvalue weighted by Crippen LogP contribution is -2.40. The zero-order chi connectivity index (χ0) is 18.9. The smallest absolute Gasteiger partial charge is 0.410 e. The first kappa shape index (κ1) is 18.8. The number of carbonyl (C=O) groups excluding carboxylic acids is 1. The van der Waals surface area contributed by atoms with Crippen molar-refractivity contribution < 1.29 is 14.3 Å². The van der Waals surface area contributed by atoms with E-state index in [9.17, 15) is 4.79 Å². The molecule has 26 heavy (non-hydrogen) atoms. The normalized spacial score (nSPS) is 20.0. The highest BCUT2D eigenvalue weighted by molar-refractivity contribution is 5.68. The first-order valence-electron chi connectivity index (χ1n) is 9.49. The van der Waals surface area contributed by atoms with Crippen LogP contribution in [-0.4, -0.2) is 47.8 Å². The van der Waals surface area contributed by atoms with Gasteiger partial charge in [-0.1, -0.05) is 13.8 Å². The third-order valence-corrected chi connectivity index (χ3v) is 4.76. The number of pyridine rings is 1. The molecule has 3 rings (SSSR count). The number of carbonyl (C=O) groups is 1. The highest BCUT2D eigenvalue weighted by Crippen LogP contribution is 2.32. The van der Waals surface area contributed by atoms with Crippen molar-refractivity contribution in [3.05, 3.63) is 17.7 Å². The second-order valence-electron chi connectivity index (χ2n) is 9.07. The van der Waals surface area contributed by atoms with E-state index in [1.807, 2.05) is 32.9 Å². The molecule has 6 heteroatoms. The first-order valence-corrected chi connectivity index (χ1v) is 9.49. The summed E-state index contributed by atoms with van der Waals surface area (Å²) in [4.78, 5) is 21.2. The average Bonchev–Trinajstić information content (AvgIpc) is 2.74. The molecule has 0 atom stereocenters. The van der Waals surface area contributed by atoms with Gasteiger partial charge in [-0.2, -0.15) is 4.98 Å². The number of hydrogen-bond donors (Lipinski definition) is 0. The van der Waals surface area contributed by atoms with E-state index in [1.54, 1.807) is 4.90 Å². The van der Waals surface area contributed by atoms with Crippen molar-refractivity contribution in [1.29, 1.82) is 0 Å². The molecule has 0 unspecified atom stereocenters. The van der Waals surface area contributed by atoms with Gasteiger partial charge in [-0.15, -0.1) is 0 Å². The molecule has 1 saturated heterocycles. The zero-order valence-corrected chi connectivity index (χ0v) is 16.7. The van der Waals surface area contributed by atoms with Crippen LogP contribution in [0.4, 0.5) is 10.6 Å². The van der Waals surface area contributed by atoms with Gasteiger partial charge in [-0.05, 0) is 51.2 Å². The van der Waals surface area contributed by atoms with Crippen molar-refractivity contribution in [2.24, 2.45) is 5.41 Å². The molecular weight excluding hydrogens is 330 g/mol. The van der Waals surface area contributed by atoms with E-state index >= 15 is 0 Å². The van der Waals surface area contributed by atoms with Gasteiger partial charge >= 0.3 is 6.09 Å². The molecule has 6 nitrogen and oxygen atoms in total. The molecule has 0 saturated carbocycles. The van der Waals surface area contributed by atoms with Crippen LogP contribution < -0.4 is 9.64 Å². The summed E-state index contributed by atoms with van der Waals surface area (Å²) in [7, 11) is 0. The maximum Gasteiger partial charge on any atom is 0.410 e. The highest BCUT2D eigenvalue weighted by Gasteiger charge is 2.29. The third-order valence-electron chi connectivity index (χ3n) is 4.76. The Morgan fingerprint density at radius 3 is 2.73 bits per heavy atom. The lowest BCUT2D eigenvalue weighted by Gasteiger charge is -2.38. The second kappa shape index (κ2) is 6.97. The van der Waals surface area contributed by atoms with Crippen molar-refractivity contribution in [3.8, 4) is 5.88 Å². The maximum atomic E-state index is 12.4. The molecule has 1 fully saturated rings. The SMILES string of the molecule is CC1(C)CCCN(c2ccc3c(n2)OCCN(C(=O)OC(C)(C)C)C3)C1. The van der Waals surface area contributed by atoms with Crippen LogP contribution >= 0.6 is 0 Å². The van der Waals surface area contributed by atoms with E-state index in [-0.39, 0.29) is 6.09 Å². The van der Waals surface area contributed by atoms with Crippen LogP contribution in [0.15, 0.2) is 12.1 Å². The van der Waals surface area contributed by atoms with Crippen LogP contribution in [0, 0.1) is 5.41 Å². The maximum absolute atomic E-state index is 12.4. The Morgan fingerprint density at radius 1 is 1.27 bits per heavy atom. The minimum Gasteiger partial charge on any atom is -0.475 e. The van der Waals surface area contributed by atoms with Gasteiger partial charge in [0.15, 0.2) is 0 Å². The van der Waals surface area contributed by atoms with Crippen LogP contribution in [0.25, 0.3) is 0 Å². The number of anilines is 1. The molecule has 1 aromatic heterocycles. The van der Waals surface area contributed by atoms with Crippen molar-refractivity contribution in [1.82, 2.24) is 9.88 Å². The number of piperidine rings is 1. The van der Waals surface area contributed by atoms with Gasteiger partial charge in [0.2, 0.25) is 5.88 Å². The van der Waals surface area contributed by atoms with Crippen LogP contribution in [0.5, 0.6) is 5.88 Å². The van der Waals surface area contributed by atoms with Crippen molar-refractivity contribution >= 4 is 11.9 Å². The number of aromatic nitrogens is 1. The van der Waals surface area contributed by atoms with Gasteiger partial charge in [-0.3, -0.25) is 0 Å². The predicted molar refractivity (Wildman–Crippen MR) is 102 cm³/mol. The Hall–Kier alpha value is -1.98. The van der Waals surface area contributed by atoms with Crippen molar-refractivity contribution in [2.75, 3.05) is 31.1 Å². The molecule has 0 aromatic carbocycles. The molecular formula is C20H31N3O3. The minimum absolute atomic E-state index is 0.307. The summed E-state index contributed by atoms with van der Waals surface area (Å²) in [6.07, 6.45) is 2.12. The van der Waals surface area contributed by atoms with Gasteiger partial charge in [0.05, 0.1) is 13.1 Å². The molecule has 3 heterocycles. The van der Waals surface area contributed by atoms with Crippen LogP contribution in [-0.2, 0) is 11.3 Å². The van der Waals surface area contributed by atoms with E-state index in [2.05, 4.69) is 18.7 Å². The number of amides is 1. The quantitative estimate of drug-likeness (QED) is 0.761.